The summed E-state index contributed by atoms with van der Waals surface area (Å²) in [7, 11) is 1.64. The number of fused-ring (bicyclic) bond motifs is 1. The lowest BCUT2D eigenvalue weighted by atomic mass is 10.00. The van der Waals surface area contributed by atoms with Gasteiger partial charge in [0, 0.05) is 18.0 Å². The number of rotatable bonds is 11. The molecule has 0 aliphatic carbocycles. The highest BCUT2D eigenvalue weighted by Gasteiger charge is 2.33. The van der Waals surface area contributed by atoms with Crippen LogP contribution >= 0.6 is 11.3 Å². The van der Waals surface area contributed by atoms with Crippen molar-refractivity contribution >= 4 is 17.2 Å². The first-order valence-corrected chi connectivity index (χ1v) is 13.0. The highest BCUT2D eigenvalue weighted by molar-refractivity contribution is 7.10. The number of aliphatic hydroxyl groups is 1. The van der Waals surface area contributed by atoms with Gasteiger partial charge < -0.3 is 19.5 Å². The summed E-state index contributed by atoms with van der Waals surface area (Å²) in [5, 5.41) is 12.8. The Hall–Kier alpha value is -2.87. The summed E-state index contributed by atoms with van der Waals surface area (Å²) in [5.74, 6) is 1.60. The van der Waals surface area contributed by atoms with E-state index in [-0.39, 0.29) is 18.5 Å². The van der Waals surface area contributed by atoms with Gasteiger partial charge in [-0.3, -0.25) is 9.69 Å². The number of amides is 1. The van der Waals surface area contributed by atoms with Crippen LogP contribution in [-0.2, 0) is 11.2 Å². The highest BCUT2D eigenvalue weighted by atomic mass is 32.1. The average molecular weight is 495 g/mol. The van der Waals surface area contributed by atoms with Crippen molar-refractivity contribution in [3.63, 3.8) is 0 Å². The zero-order valence-electron chi connectivity index (χ0n) is 20.4. The van der Waals surface area contributed by atoms with E-state index in [4.69, 9.17) is 9.47 Å². The molecule has 0 fully saturated rings. The molecule has 7 heteroatoms. The van der Waals surface area contributed by atoms with Gasteiger partial charge in [0.05, 0.1) is 25.8 Å². The molecular formula is C28H34N2O4S. The minimum absolute atomic E-state index is 0.0684. The number of hydrogen-bond donors (Lipinski definition) is 1. The number of aliphatic hydroxyl groups excluding tert-OH is 1. The Morgan fingerprint density at radius 2 is 1.89 bits per heavy atom. The highest BCUT2D eigenvalue weighted by Crippen LogP contribution is 2.34. The number of carbonyl (C=O) groups excluding carboxylic acids is 1. The van der Waals surface area contributed by atoms with Crippen LogP contribution in [0.3, 0.4) is 0 Å². The van der Waals surface area contributed by atoms with Crippen LogP contribution < -0.4 is 9.47 Å². The predicted octanol–water partition coefficient (Wildman–Crippen LogP) is 4.71. The van der Waals surface area contributed by atoms with Crippen molar-refractivity contribution < 1.29 is 19.4 Å². The van der Waals surface area contributed by atoms with Gasteiger partial charge in [-0.25, -0.2) is 0 Å². The van der Waals surface area contributed by atoms with Crippen molar-refractivity contribution in [2.45, 2.75) is 31.9 Å². The maximum Gasteiger partial charge on any atom is 0.237 e. The van der Waals surface area contributed by atoms with Gasteiger partial charge in [0.25, 0.3) is 0 Å². The van der Waals surface area contributed by atoms with Crippen molar-refractivity contribution in [2.24, 2.45) is 0 Å². The molecule has 1 aliphatic rings. The summed E-state index contributed by atoms with van der Waals surface area (Å²) in [4.78, 5) is 18.9. The molecule has 1 aromatic heterocycles. The van der Waals surface area contributed by atoms with Crippen LogP contribution in [0.25, 0.3) is 0 Å². The lowest BCUT2D eigenvalue weighted by Gasteiger charge is -2.37. The van der Waals surface area contributed by atoms with E-state index in [9.17, 15) is 9.90 Å². The van der Waals surface area contributed by atoms with Crippen molar-refractivity contribution in [1.29, 1.82) is 0 Å². The third-order valence-electron chi connectivity index (χ3n) is 6.40. The number of nitrogens with zero attached hydrogens (tertiary/aromatic N) is 2. The van der Waals surface area contributed by atoms with Crippen molar-refractivity contribution in [3.05, 3.63) is 82.0 Å². The fourth-order valence-corrected chi connectivity index (χ4v) is 5.51. The first-order valence-electron chi connectivity index (χ1n) is 12.2. The van der Waals surface area contributed by atoms with Crippen LogP contribution in [0.4, 0.5) is 0 Å². The second-order valence-corrected chi connectivity index (χ2v) is 9.80. The molecular weight excluding hydrogens is 460 g/mol. The Balaban J connectivity index is 1.45. The number of ether oxygens (including phenoxy) is 2. The van der Waals surface area contributed by atoms with Crippen LogP contribution in [0.15, 0.2) is 66.0 Å². The van der Waals surface area contributed by atoms with Crippen molar-refractivity contribution in [1.82, 2.24) is 9.80 Å². The Labute approximate surface area is 211 Å². The van der Waals surface area contributed by atoms with E-state index in [1.165, 1.54) is 10.4 Å². The topological polar surface area (TPSA) is 62.2 Å². The molecule has 1 amide bonds. The molecule has 0 saturated carbocycles. The third-order valence-corrected chi connectivity index (χ3v) is 7.39. The van der Waals surface area contributed by atoms with E-state index in [1.54, 1.807) is 18.4 Å². The van der Waals surface area contributed by atoms with Gasteiger partial charge in [-0.1, -0.05) is 37.3 Å². The second kappa shape index (κ2) is 12.2. The number of carbonyl (C=O) groups is 1. The van der Waals surface area contributed by atoms with Crippen LogP contribution in [0, 0.1) is 0 Å². The summed E-state index contributed by atoms with van der Waals surface area (Å²) in [6.07, 6.45) is 1.14. The molecule has 1 N–H and O–H groups in total. The molecule has 6 nitrogen and oxygen atoms in total. The molecule has 0 saturated heterocycles. The Morgan fingerprint density at radius 1 is 1.14 bits per heavy atom. The fourth-order valence-electron chi connectivity index (χ4n) is 4.58. The fraction of sp³-hybridized carbons (Fsp3) is 0.393. The molecule has 2 heterocycles. The molecule has 2 unspecified atom stereocenters. The number of benzene rings is 2. The molecule has 0 spiro atoms. The van der Waals surface area contributed by atoms with Gasteiger partial charge in [-0.15, -0.1) is 11.3 Å². The molecule has 1 aliphatic heterocycles. The lowest BCUT2D eigenvalue weighted by Crippen LogP contribution is -2.47. The van der Waals surface area contributed by atoms with Gasteiger partial charge in [0.15, 0.2) is 0 Å². The Morgan fingerprint density at radius 3 is 2.60 bits per heavy atom. The van der Waals surface area contributed by atoms with Gasteiger partial charge in [-0.05, 0) is 66.2 Å². The number of methoxy groups -OCH3 is 1. The molecule has 35 heavy (non-hydrogen) atoms. The summed E-state index contributed by atoms with van der Waals surface area (Å²) in [5.41, 5.74) is 2.04. The van der Waals surface area contributed by atoms with Crippen molar-refractivity contribution in [2.75, 3.05) is 39.9 Å². The van der Waals surface area contributed by atoms with Crippen LogP contribution in [0.2, 0.25) is 0 Å². The predicted molar refractivity (Wildman–Crippen MR) is 139 cm³/mol. The molecule has 4 rings (SSSR count). The van der Waals surface area contributed by atoms with Crippen LogP contribution in [-0.4, -0.2) is 60.7 Å². The van der Waals surface area contributed by atoms with Crippen LogP contribution in [0.5, 0.6) is 11.5 Å². The van der Waals surface area contributed by atoms with Gasteiger partial charge >= 0.3 is 0 Å². The van der Waals surface area contributed by atoms with Gasteiger partial charge in [0.1, 0.15) is 18.1 Å². The maximum absolute atomic E-state index is 13.6. The zero-order valence-corrected chi connectivity index (χ0v) is 21.2. The van der Waals surface area contributed by atoms with E-state index < -0.39 is 6.10 Å². The molecule has 186 valence electrons. The van der Waals surface area contributed by atoms with Crippen molar-refractivity contribution in [3.8, 4) is 11.5 Å². The largest absolute Gasteiger partial charge is 0.497 e. The lowest BCUT2D eigenvalue weighted by molar-refractivity contribution is -0.136. The molecule has 2 atom stereocenters. The molecule has 2 aromatic carbocycles. The monoisotopic (exact) mass is 494 g/mol. The summed E-state index contributed by atoms with van der Waals surface area (Å²) in [6.45, 7) is 4.60. The van der Waals surface area contributed by atoms with E-state index >= 15 is 0 Å². The minimum atomic E-state index is -0.630. The number of hydrogen-bond acceptors (Lipinski definition) is 6. The van der Waals surface area contributed by atoms with Gasteiger partial charge in [-0.2, -0.15) is 0 Å². The Kier molecular flexibility index (Phi) is 8.79. The first kappa shape index (κ1) is 25.2. The normalized spacial score (nSPS) is 16.1. The molecule has 0 radical (unpaired) electrons. The third kappa shape index (κ3) is 6.42. The molecule has 0 bridgehead atoms. The average Bonchev–Trinajstić information content (AvgIpc) is 3.37. The van der Waals surface area contributed by atoms with E-state index in [0.717, 1.165) is 36.4 Å². The summed E-state index contributed by atoms with van der Waals surface area (Å²) < 4.78 is 11.4. The Bertz CT molecular complexity index is 1070. The zero-order chi connectivity index (χ0) is 24.6. The quantitative estimate of drug-likeness (QED) is 0.418. The SMILES string of the molecule is CCCN(CC(=O)N1CCc2sccc2C1COc1ccc(OC)cc1)CC(O)c1ccccc1. The van der Waals surface area contributed by atoms with Crippen LogP contribution in [0.1, 0.15) is 41.5 Å². The van der Waals surface area contributed by atoms with E-state index in [0.29, 0.717) is 19.7 Å². The second-order valence-electron chi connectivity index (χ2n) is 8.80. The van der Waals surface area contributed by atoms with Gasteiger partial charge in [0.2, 0.25) is 5.91 Å². The summed E-state index contributed by atoms with van der Waals surface area (Å²) >= 11 is 1.74. The maximum atomic E-state index is 13.6. The number of thiophene rings is 1. The van der Waals surface area contributed by atoms with E-state index in [1.807, 2.05) is 59.5 Å². The minimum Gasteiger partial charge on any atom is -0.497 e. The van der Waals surface area contributed by atoms with E-state index in [2.05, 4.69) is 23.3 Å². The summed E-state index contributed by atoms with van der Waals surface area (Å²) in [6, 6.07) is 19.1. The molecule has 3 aromatic rings. The standard InChI is InChI=1S/C28H34N2O4S/c1-3-15-29(18-26(31)21-7-5-4-6-8-21)19-28(32)30-16-13-27-24(14-17-35-27)25(30)20-34-23-11-9-22(33-2)10-12-23/h4-12,14,17,25-26,31H,3,13,15-16,18-20H2,1-2H3. The smallest absolute Gasteiger partial charge is 0.237 e. The first-order chi connectivity index (χ1) is 17.1.